The molecule has 1 amide bonds. The maximum Gasteiger partial charge on any atom is 0.255 e. The van der Waals surface area contributed by atoms with Crippen LogP contribution in [0.15, 0.2) is 27.6 Å². The maximum absolute atomic E-state index is 12.7. The normalized spacial score (nSPS) is 19.8. The quantitative estimate of drug-likeness (QED) is 0.822. The van der Waals surface area contributed by atoms with Crippen LogP contribution in [0.3, 0.4) is 0 Å². The first-order chi connectivity index (χ1) is 10.8. The fraction of sp³-hybridized carbons (Fsp3) is 0.533. The molecule has 1 aliphatic heterocycles. The summed E-state index contributed by atoms with van der Waals surface area (Å²) in [5, 5.41) is 5.15. The molecule has 0 aromatic heterocycles. The Bertz CT molecular complexity index is 711. The number of hydrogen-bond acceptors (Lipinski definition) is 4. The minimum absolute atomic E-state index is 0.0450. The van der Waals surface area contributed by atoms with E-state index in [4.69, 9.17) is 5.14 Å². The Balaban J connectivity index is 1.70. The van der Waals surface area contributed by atoms with Crippen LogP contribution in [0.5, 0.6) is 0 Å². The molecule has 0 unspecified atom stereocenters. The highest BCUT2D eigenvalue weighted by atomic mass is 79.9. The molecule has 6 nitrogen and oxygen atoms in total. The molecule has 126 valence electrons. The van der Waals surface area contributed by atoms with Crippen LogP contribution in [0.1, 0.15) is 23.2 Å². The van der Waals surface area contributed by atoms with Crippen LogP contribution in [0, 0.1) is 5.92 Å². The van der Waals surface area contributed by atoms with E-state index in [1.165, 1.54) is 25.0 Å². The largest absolute Gasteiger partial charge is 0.336 e. The van der Waals surface area contributed by atoms with Gasteiger partial charge in [-0.3, -0.25) is 9.69 Å². The summed E-state index contributed by atoms with van der Waals surface area (Å²) in [7, 11) is -3.82. The minimum atomic E-state index is -3.82. The van der Waals surface area contributed by atoms with Crippen LogP contribution >= 0.6 is 15.9 Å². The summed E-state index contributed by atoms with van der Waals surface area (Å²) in [4.78, 5) is 16.8. The molecule has 0 bridgehead atoms. The molecule has 1 aromatic rings. The van der Waals surface area contributed by atoms with Crippen molar-refractivity contribution in [2.24, 2.45) is 11.1 Å². The van der Waals surface area contributed by atoms with Gasteiger partial charge >= 0.3 is 0 Å². The second-order valence-corrected chi connectivity index (χ2v) is 8.64. The van der Waals surface area contributed by atoms with Crippen molar-refractivity contribution in [2.75, 3.05) is 32.7 Å². The molecule has 8 heteroatoms. The number of piperazine rings is 1. The molecule has 2 aliphatic rings. The summed E-state index contributed by atoms with van der Waals surface area (Å²) >= 11 is 3.32. The van der Waals surface area contributed by atoms with E-state index in [9.17, 15) is 13.2 Å². The average Bonchev–Trinajstić information content (AvgIpc) is 3.30. The van der Waals surface area contributed by atoms with Crippen LogP contribution in [0.25, 0.3) is 0 Å². The van der Waals surface area contributed by atoms with Gasteiger partial charge in [-0.2, -0.15) is 0 Å². The van der Waals surface area contributed by atoms with Crippen molar-refractivity contribution in [2.45, 2.75) is 17.7 Å². The molecule has 2 fully saturated rings. The van der Waals surface area contributed by atoms with E-state index >= 15 is 0 Å². The molecule has 1 aliphatic carbocycles. The maximum atomic E-state index is 12.7. The first-order valence-corrected chi connectivity index (χ1v) is 10.0. The fourth-order valence-electron chi connectivity index (χ4n) is 2.81. The number of sulfonamides is 1. The van der Waals surface area contributed by atoms with Gasteiger partial charge in [-0.1, -0.05) is 0 Å². The third kappa shape index (κ3) is 4.12. The Morgan fingerprint density at radius 3 is 2.43 bits per heavy atom. The van der Waals surface area contributed by atoms with Crippen molar-refractivity contribution >= 4 is 31.9 Å². The van der Waals surface area contributed by atoms with E-state index in [1.54, 1.807) is 11.0 Å². The van der Waals surface area contributed by atoms with Gasteiger partial charge in [0, 0.05) is 37.2 Å². The molecule has 2 N–H and O–H groups in total. The van der Waals surface area contributed by atoms with E-state index in [2.05, 4.69) is 20.8 Å². The highest BCUT2D eigenvalue weighted by Crippen LogP contribution is 2.30. The number of rotatable bonds is 4. The number of hydrogen-bond donors (Lipinski definition) is 1. The zero-order chi connectivity index (χ0) is 16.6. The summed E-state index contributed by atoms with van der Waals surface area (Å²) in [6.45, 7) is 4.20. The number of nitrogens with two attached hydrogens (primary N) is 1. The van der Waals surface area contributed by atoms with Crippen molar-refractivity contribution in [3.8, 4) is 0 Å². The topological polar surface area (TPSA) is 83.7 Å². The molecular formula is C15H20BrN3O3S. The van der Waals surface area contributed by atoms with E-state index in [0.29, 0.717) is 23.1 Å². The average molecular weight is 402 g/mol. The highest BCUT2D eigenvalue weighted by molar-refractivity contribution is 9.10. The number of amides is 1. The van der Waals surface area contributed by atoms with Gasteiger partial charge in [0.1, 0.15) is 0 Å². The molecule has 23 heavy (non-hydrogen) atoms. The fourth-order valence-corrected chi connectivity index (χ4v) is 3.77. The van der Waals surface area contributed by atoms with Crippen LogP contribution < -0.4 is 5.14 Å². The lowest BCUT2D eigenvalue weighted by atomic mass is 10.1. The Labute approximate surface area is 144 Å². The Kier molecular flexibility index (Phi) is 4.78. The lowest BCUT2D eigenvalue weighted by Gasteiger charge is -2.35. The first kappa shape index (κ1) is 16.9. The van der Waals surface area contributed by atoms with Gasteiger partial charge in [0.25, 0.3) is 5.91 Å². The third-order valence-corrected chi connectivity index (χ3v) is 5.97. The van der Waals surface area contributed by atoms with Crippen molar-refractivity contribution < 1.29 is 13.2 Å². The van der Waals surface area contributed by atoms with E-state index in [0.717, 1.165) is 25.6 Å². The lowest BCUT2D eigenvalue weighted by Crippen LogP contribution is -2.49. The molecule has 1 aromatic carbocycles. The number of carbonyl (C=O) groups is 1. The first-order valence-electron chi connectivity index (χ1n) is 7.68. The number of benzene rings is 1. The number of carbonyl (C=O) groups excluding carboxylic acids is 1. The van der Waals surface area contributed by atoms with Crippen molar-refractivity contribution in [3.05, 3.63) is 28.2 Å². The van der Waals surface area contributed by atoms with Crippen LogP contribution in [0.4, 0.5) is 0 Å². The summed E-state index contributed by atoms with van der Waals surface area (Å²) in [5.74, 6) is 0.686. The highest BCUT2D eigenvalue weighted by Gasteiger charge is 2.28. The smallest absolute Gasteiger partial charge is 0.255 e. The van der Waals surface area contributed by atoms with E-state index in [1.807, 2.05) is 0 Å². The molecular weight excluding hydrogens is 382 g/mol. The second-order valence-electron chi connectivity index (χ2n) is 6.22. The van der Waals surface area contributed by atoms with Crippen molar-refractivity contribution in [3.63, 3.8) is 0 Å². The molecule has 1 heterocycles. The second kappa shape index (κ2) is 6.51. The molecule has 0 radical (unpaired) electrons. The van der Waals surface area contributed by atoms with Gasteiger partial charge in [0.15, 0.2) is 0 Å². The predicted octanol–water partition coefficient (Wildman–Crippen LogP) is 1.26. The molecule has 0 spiro atoms. The van der Waals surface area contributed by atoms with Crippen LogP contribution in [0.2, 0.25) is 0 Å². The zero-order valence-electron chi connectivity index (χ0n) is 12.7. The summed E-state index contributed by atoms with van der Waals surface area (Å²) < 4.78 is 23.5. The van der Waals surface area contributed by atoms with Gasteiger partial charge < -0.3 is 4.90 Å². The van der Waals surface area contributed by atoms with Crippen LogP contribution in [-0.4, -0.2) is 56.8 Å². The molecule has 3 rings (SSSR count). The number of primary sulfonamides is 1. The zero-order valence-corrected chi connectivity index (χ0v) is 15.1. The standard InChI is InChI=1S/C15H20BrN3O3S/c16-14-4-3-12(23(17,21)22)9-13(14)15(20)19-7-5-18(6-8-19)10-11-1-2-11/h3-4,9,11H,1-2,5-8,10H2,(H2,17,21,22). The molecule has 1 saturated carbocycles. The predicted molar refractivity (Wildman–Crippen MR) is 90.6 cm³/mol. The molecule has 1 saturated heterocycles. The van der Waals surface area contributed by atoms with Crippen molar-refractivity contribution in [1.82, 2.24) is 9.80 Å². The number of nitrogens with zero attached hydrogens (tertiary/aromatic N) is 2. The monoisotopic (exact) mass is 401 g/mol. The van der Waals surface area contributed by atoms with Gasteiger partial charge in [0.2, 0.25) is 10.0 Å². The number of halogens is 1. The minimum Gasteiger partial charge on any atom is -0.336 e. The summed E-state index contributed by atoms with van der Waals surface area (Å²) in [5.41, 5.74) is 0.340. The molecule has 0 atom stereocenters. The third-order valence-electron chi connectivity index (χ3n) is 4.37. The summed E-state index contributed by atoms with van der Waals surface area (Å²) in [6, 6.07) is 4.29. The van der Waals surface area contributed by atoms with Gasteiger partial charge in [-0.15, -0.1) is 0 Å². The lowest BCUT2D eigenvalue weighted by molar-refractivity contribution is 0.0631. The van der Waals surface area contributed by atoms with Gasteiger partial charge in [-0.25, -0.2) is 13.6 Å². The van der Waals surface area contributed by atoms with E-state index < -0.39 is 10.0 Å². The van der Waals surface area contributed by atoms with Crippen LogP contribution in [-0.2, 0) is 10.0 Å². The van der Waals surface area contributed by atoms with Gasteiger partial charge in [-0.05, 0) is 52.9 Å². The Morgan fingerprint density at radius 1 is 1.22 bits per heavy atom. The van der Waals surface area contributed by atoms with Crippen molar-refractivity contribution in [1.29, 1.82) is 0 Å². The summed E-state index contributed by atoms with van der Waals surface area (Å²) in [6.07, 6.45) is 2.65. The SMILES string of the molecule is NS(=O)(=O)c1ccc(Br)c(C(=O)N2CCN(CC3CC3)CC2)c1. The Morgan fingerprint density at radius 2 is 1.87 bits per heavy atom. The Hall–Kier alpha value is -0.960. The van der Waals surface area contributed by atoms with Gasteiger partial charge in [0.05, 0.1) is 10.5 Å². The van der Waals surface area contributed by atoms with E-state index in [-0.39, 0.29) is 10.8 Å².